The molecule has 0 amide bonds. The molecule has 0 bridgehead atoms. The van der Waals surface area contributed by atoms with Crippen molar-refractivity contribution in [3.05, 3.63) is 128 Å². The molecule has 4 aliphatic heterocycles. The number of thioether (sulfide) groups is 2. The third kappa shape index (κ3) is 6.88. The lowest BCUT2D eigenvalue weighted by molar-refractivity contribution is 0.398. The molecule has 2 unspecified atom stereocenters. The molecule has 57 heavy (non-hydrogen) atoms. The fraction of sp³-hybridized carbons (Fsp3) is 0.362. The minimum absolute atomic E-state index is 0. The normalized spacial score (nSPS) is 19.3. The maximum Gasteiger partial charge on any atom is 0.342 e. The first kappa shape index (κ1) is 39.0. The second kappa shape index (κ2) is 14.9. The van der Waals surface area contributed by atoms with E-state index in [4.69, 9.17) is 8.83 Å². The van der Waals surface area contributed by atoms with Crippen LogP contribution in [0.15, 0.2) is 113 Å². The molecular formula is C47H52N4O4S2. The monoisotopic (exact) mass is 800 g/mol. The summed E-state index contributed by atoms with van der Waals surface area (Å²) in [4.78, 5) is 32.8. The van der Waals surface area contributed by atoms with Crippen LogP contribution in [0.4, 0.5) is 22.7 Å². The van der Waals surface area contributed by atoms with E-state index in [1.54, 1.807) is 23.5 Å². The first-order valence-corrected chi connectivity index (χ1v) is 21.5. The third-order valence-corrected chi connectivity index (χ3v) is 14.5. The van der Waals surface area contributed by atoms with E-state index in [0.29, 0.717) is 16.7 Å². The topological polar surface area (TPSA) is 91.0 Å². The van der Waals surface area contributed by atoms with Crippen LogP contribution in [-0.4, -0.2) is 26.2 Å². The second-order valence-corrected chi connectivity index (χ2v) is 18.8. The predicted octanol–water partition coefficient (Wildman–Crippen LogP) is 11.7. The average molecular weight is 801 g/mol. The Bertz CT molecular complexity index is 2580. The highest BCUT2D eigenvalue weighted by molar-refractivity contribution is 8.00. The van der Waals surface area contributed by atoms with Crippen molar-refractivity contribution in [3.63, 3.8) is 0 Å². The van der Waals surface area contributed by atoms with Crippen molar-refractivity contribution < 1.29 is 8.83 Å². The van der Waals surface area contributed by atoms with Gasteiger partial charge >= 0.3 is 11.3 Å². The minimum atomic E-state index is -0.276. The molecule has 2 atom stereocenters. The van der Waals surface area contributed by atoms with E-state index >= 15 is 0 Å². The van der Waals surface area contributed by atoms with Gasteiger partial charge in [0.05, 0.1) is 11.1 Å². The zero-order valence-electron chi connectivity index (χ0n) is 32.8. The van der Waals surface area contributed by atoms with Crippen LogP contribution in [-0.2, 0) is 10.8 Å². The molecule has 10 rings (SSSR count). The van der Waals surface area contributed by atoms with Gasteiger partial charge in [-0.25, -0.2) is 9.59 Å². The van der Waals surface area contributed by atoms with Crippen LogP contribution in [0.2, 0.25) is 0 Å². The molecule has 10 heteroatoms. The summed E-state index contributed by atoms with van der Waals surface area (Å²) < 4.78 is 11.8. The van der Waals surface area contributed by atoms with Gasteiger partial charge < -0.3 is 29.3 Å². The van der Waals surface area contributed by atoms with E-state index in [2.05, 4.69) is 98.4 Å². The molecule has 8 nitrogen and oxygen atoms in total. The summed E-state index contributed by atoms with van der Waals surface area (Å²) in [6.45, 7) is 17.5. The largest absolute Gasteiger partial charge is 0.422 e. The number of nitrogens with zero attached hydrogens (tertiary/aromatic N) is 2. The van der Waals surface area contributed by atoms with Gasteiger partial charge in [-0.1, -0.05) is 82.9 Å². The Morgan fingerprint density at radius 1 is 0.719 bits per heavy atom. The molecule has 296 valence electrons. The van der Waals surface area contributed by atoms with Crippen molar-refractivity contribution in [2.45, 2.75) is 93.2 Å². The van der Waals surface area contributed by atoms with Gasteiger partial charge in [0, 0.05) is 81.1 Å². The van der Waals surface area contributed by atoms with Crippen LogP contribution in [0.5, 0.6) is 0 Å². The molecule has 0 saturated carbocycles. The van der Waals surface area contributed by atoms with Gasteiger partial charge in [0.15, 0.2) is 0 Å². The molecular weight excluding hydrogens is 749 g/mol. The maximum atomic E-state index is 13.2. The molecule has 2 N–H and O–H groups in total. The van der Waals surface area contributed by atoms with Gasteiger partial charge in [-0.3, -0.25) is 0 Å². The average Bonchev–Trinajstić information content (AvgIpc) is 3.82. The number of anilines is 4. The van der Waals surface area contributed by atoms with E-state index in [1.807, 2.05) is 48.5 Å². The van der Waals surface area contributed by atoms with Crippen LogP contribution in [0.1, 0.15) is 94.8 Å². The summed E-state index contributed by atoms with van der Waals surface area (Å²) in [5, 5.41) is 8.65. The Balaban J connectivity index is 0.000000161. The van der Waals surface area contributed by atoms with Crippen LogP contribution >= 0.6 is 23.5 Å². The maximum absolute atomic E-state index is 13.2. The Morgan fingerprint density at radius 2 is 1.28 bits per heavy atom. The van der Waals surface area contributed by atoms with Gasteiger partial charge in [0.1, 0.15) is 21.9 Å². The van der Waals surface area contributed by atoms with E-state index in [-0.39, 0.29) is 40.3 Å². The van der Waals surface area contributed by atoms with Crippen molar-refractivity contribution in [2.75, 3.05) is 46.6 Å². The van der Waals surface area contributed by atoms with Crippen molar-refractivity contribution >= 4 is 68.2 Å². The molecule has 0 radical (unpaired) electrons. The Hall–Kier alpha value is -4.80. The summed E-state index contributed by atoms with van der Waals surface area (Å²) in [7, 11) is 0. The van der Waals surface area contributed by atoms with Crippen molar-refractivity contribution in [2.24, 2.45) is 0 Å². The number of benzene rings is 4. The number of fused-ring (bicyclic) bond motifs is 5. The minimum Gasteiger partial charge on any atom is -0.422 e. The number of rotatable bonds is 5. The van der Waals surface area contributed by atoms with E-state index < -0.39 is 0 Å². The lowest BCUT2D eigenvalue weighted by atomic mass is 9.69. The number of hydrogen-bond donors (Lipinski definition) is 2. The van der Waals surface area contributed by atoms with Crippen molar-refractivity contribution in [3.8, 4) is 0 Å². The quantitative estimate of drug-likeness (QED) is 0.164. The van der Waals surface area contributed by atoms with Gasteiger partial charge in [-0.2, -0.15) is 0 Å². The molecule has 0 saturated heterocycles. The Kier molecular flexibility index (Phi) is 10.2. The molecule has 0 aliphatic carbocycles. The predicted molar refractivity (Wildman–Crippen MR) is 240 cm³/mol. The fourth-order valence-corrected chi connectivity index (χ4v) is 11.0. The summed E-state index contributed by atoms with van der Waals surface area (Å²) in [5.41, 5.74) is 9.49. The van der Waals surface area contributed by atoms with Gasteiger partial charge in [-0.05, 0) is 97.7 Å². The Labute approximate surface area is 343 Å². The van der Waals surface area contributed by atoms with E-state index in [0.717, 1.165) is 77.3 Å². The summed E-state index contributed by atoms with van der Waals surface area (Å²) in [5.74, 6) is 0. The lowest BCUT2D eigenvalue weighted by Crippen LogP contribution is -2.44. The van der Waals surface area contributed by atoms with Crippen molar-refractivity contribution in [1.29, 1.82) is 0 Å². The standard InChI is InChI=1S/C26H28N2O2S.C20H20N2O2S.CH4/c1-25(2)9-11-28-12-10-26(3,4)20-21(28)17(25)14-15-13-16(24(29)30-22(15)20)23-27-18-7-5-6-8-19(18)31-23;1-3-22(4-2)14-10-9-13-11-15(20(23)24-17(13)12-14)19-21-16-7-5-6-8-18(16)25-19;/h5-8,13-14,23,27H,9-12H2,1-4H3;5-12,19,21H,3-4H2,1-2H3;1H4. The van der Waals surface area contributed by atoms with Crippen LogP contribution < -0.4 is 31.7 Å². The molecule has 6 heterocycles. The highest BCUT2D eigenvalue weighted by atomic mass is 32.2. The van der Waals surface area contributed by atoms with E-state index in [1.165, 1.54) is 21.7 Å². The number of para-hydroxylation sites is 2. The summed E-state index contributed by atoms with van der Waals surface area (Å²) >= 11 is 3.33. The number of nitrogens with one attached hydrogen (secondary N) is 2. The SMILES string of the molecule is C.CC1(C)CCN2CCC(C)(C)c3c2c1cc1cc(C2Nc4ccccc4S2)c(=O)oc31.CCN(CC)c1ccc2cc(C3Nc4ccccc4S3)c(=O)oc2c1. The number of hydrogen-bond acceptors (Lipinski definition) is 10. The fourth-order valence-electron chi connectivity index (χ4n) is 8.69. The van der Waals surface area contributed by atoms with E-state index in [9.17, 15) is 9.59 Å². The smallest absolute Gasteiger partial charge is 0.342 e. The van der Waals surface area contributed by atoms with Gasteiger partial charge in [0.2, 0.25) is 0 Å². The van der Waals surface area contributed by atoms with Gasteiger partial charge in [0.25, 0.3) is 0 Å². The Morgan fingerprint density at radius 3 is 1.88 bits per heavy atom. The highest BCUT2D eigenvalue weighted by Crippen LogP contribution is 2.53. The van der Waals surface area contributed by atoms with Crippen LogP contribution in [0.25, 0.3) is 21.9 Å². The zero-order valence-corrected chi connectivity index (χ0v) is 34.5. The van der Waals surface area contributed by atoms with Crippen molar-refractivity contribution in [1.82, 2.24) is 0 Å². The van der Waals surface area contributed by atoms with Gasteiger partial charge in [-0.15, -0.1) is 0 Å². The summed E-state index contributed by atoms with van der Waals surface area (Å²) in [6, 6.07) is 28.7. The molecule has 0 fully saturated rings. The first-order valence-electron chi connectivity index (χ1n) is 19.7. The summed E-state index contributed by atoms with van der Waals surface area (Å²) in [6.07, 6.45) is 2.21. The molecule has 4 aromatic carbocycles. The molecule has 0 spiro atoms. The van der Waals surface area contributed by atoms with Crippen LogP contribution in [0.3, 0.4) is 0 Å². The third-order valence-electron chi connectivity index (χ3n) is 12.0. The lowest BCUT2D eigenvalue weighted by Gasteiger charge is -2.48. The molecule has 4 aliphatic rings. The van der Waals surface area contributed by atoms with Crippen LogP contribution in [0, 0.1) is 0 Å². The molecule has 2 aromatic heterocycles. The highest BCUT2D eigenvalue weighted by Gasteiger charge is 2.42. The first-order chi connectivity index (χ1) is 26.9. The second-order valence-electron chi connectivity index (χ2n) is 16.5. The molecule has 6 aromatic rings. The zero-order chi connectivity index (χ0) is 38.9.